The van der Waals surface area contributed by atoms with E-state index in [1.807, 2.05) is 42.5 Å². The van der Waals surface area contributed by atoms with Crippen LogP contribution in [0.25, 0.3) is 10.2 Å². The third kappa shape index (κ3) is 2.81. The highest BCUT2D eigenvalue weighted by Crippen LogP contribution is 2.19. The number of aryl methyl sites for hydroxylation is 1. The van der Waals surface area contributed by atoms with Gasteiger partial charge in [0, 0.05) is 18.6 Å². The van der Waals surface area contributed by atoms with Gasteiger partial charge in [-0.15, -0.1) is 0 Å². The van der Waals surface area contributed by atoms with Gasteiger partial charge in [0.15, 0.2) is 0 Å². The zero-order chi connectivity index (χ0) is 13.2. The van der Waals surface area contributed by atoms with Crippen molar-refractivity contribution in [3.8, 4) is 0 Å². The van der Waals surface area contributed by atoms with Crippen LogP contribution in [0.15, 0.2) is 54.6 Å². The summed E-state index contributed by atoms with van der Waals surface area (Å²) in [5.74, 6) is 0.150. The van der Waals surface area contributed by atoms with E-state index < -0.39 is 0 Å². The van der Waals surface area contributed by atoms with Gasteiger partial charge in [0.2, 0.25) is 22.9 Å². The molecule has 0 amide bonds. The number of halogens is 1. The largest absolute Gasteiger partial charge is 1.00 e. The summed E-state index contributed by atoms with van der Waals surface area (Å²) in [5.41, 5.74) is 1.90. The summed E-state index contributed by atoms with van der Waals surface area (Å²) in [6.07, 6.45) is 0. The maximum absolute atomic E-state index is 12.3. The van der Waals surface area contributed by atoms with Crippen molar-refractivity contribution < 1.29 is 26.3 Å². The van der Waals surface area contributed by atoms with Crippen LogP contribution in [0.4, 0.5) is 0 Å². The topological polar surface area (TPSA) is 20.9 Å². The minimum atomic E-state index is 0. The Kier molecular flexibility index (Phi) is 4.68. The number of Topliss-reactive ketones (excluding diaryl/α,β-unsaturated/α-hetero) is 1. The molecule has 0 aliphatic rings. The van der Waals surface area contributed by atoms with Crippen LogP contribution in [-0.4, -0.2) is 5.78 Å². The first-order valence-electron chi connectivity index (χ1n) is 6.22. The van der Waals surface area contributed by atoms with Crippen LogP contribution in [0, 0.1) is 6.92 Å². The monoisotopic (exact) mass is 347 g/mol. The van der Waals surface area contributed by atoms with Gasteiger partial charge in [0.05, 0.1) is 0 Å². The average molecular weight is 348 g/mol. The van der Waals surface area contributed by atoms with E-state index in [4.69, 9.17) is 0 Å². The van der Waals surface area contributed by atoms with E-state index in [2.05, 4.69) is 23.6 Å². The van der Waals surface area contributed by atoms with Crippen molar-refractivity contribution in [2.75, 3.05) is 0 Å². The number of fused-ring (bicyclic) bond motifs is 1. The fourth-order valence-electron chi connectivity index (χ4n) is 2.21. The SMILES string of the molecule is Cc1sc2ccccc2[n+]1CC(=O)c1ccccc1.[Br-]. The number of thiazole rings is 1. The van der Waals surface area contributed by atoms with Gasteiger partial charge < -0.3 is 17.0 Å². The molecule has 20 heavy (non-hydrogen) atoms. The maximum atomic E-state index is 12.3. The molecule has 4 heteroatoms. The fraction of sp³-hybridized carbons (Fsp3) is 0.125. The molecule has 3 rings (SSSR count). The van der Waals surface area contributed by atoms with Crippen LogP contribution in [0.3, 0.4) is 0 Å². The molecule has 1 heterocycles. The van der Waals surface area contributed by atoms with Crippen molar-refractivity contribution in [2.24, 2.45) is 0 Å². The van der Waals surface area contributed by atoms with E-state index in [1.165, 1.54) is 4.70 Å². The number of nitrogens with zero attached hydrogens (tertiary/aromatic N) is 1. The van der Waals surface area contributed by atoms with Crippen molar-refractivity contribution in [3.05, 3.63) is 65.2 Å². The van der Waals surface area contributed by atoms with E-state index >= 15 is 0 Å². The maximum Gasteiger partial charge on any atom is 0.235 e. The lowest BCUT2D eigenvalue weighted by Crippen LogP contribution is -3.00. The van der Waals surface area contributed by atoms with Crippen molar-refractivity contribution in [1.82, 2.24) is 0 Å². The molecule has 0 atom stereocenters. The number of benzene rings is 2. The predicted molar refractivity (Wildman–Crippen MR) is 77.5 cm³/mol. The molecule has 0 fully saturated rings. The number of para-hydroxylation sites is 1. The molecule has 0 unspecified atom stereocenters. The number of rotatable bonds is 3. The molecule has 0 spiro atoms. The zero-order valence-corrected chi connectivity index (χ0v) is 13.4. The van der Waals surface area contributed by atoms with Crippen LogP contribution >= 0.6 is 11.3 Å². The Morgan fingerprint density at radius 3 is 2.45 bits per heavy atom. The Hall–Kier alpha value is -1.52. The smallest absolute Gasteiger partial charge is 0.235 e. The Morgan fingerprint density at radius 2 is 1.70 bits per heavy atom. The third-order valence-electron chi connectivity index (χ3n) is 3.19. The predicted octanol–water partition coefficient (Wildman–Crippen LogP) is 0.384. The van der Waals surface area contributed by atoms with Crippen LogP contribution in [0.2, 0.25) is 0 Å². The van der Waals surface area contributed by atoms with Crippen LogP contribution in [0.1, 0.15) is 15.4 Å². The van der Waals surface area contributed by atoms with Crippen molar-refractivity contribution in [3.63, 3.8) is 0 Å². The summed E-state index contributed by atoms with van der Waals surface area (Å²) in [6, 6.07) is 17.7. The van der Waals surface area contributed by atoms with Gasteiger partial charge in [-0.25, -0.2) is 0 Å². The highest BCUT2D eigenvalue weighted by Gasteiger charge is 2.20. The number of hydrogen-bond donors (Lipinski definition) is 0. The van der Waals surface area contributed by atoms with Crippen molar-refractivity contribution in [2.45, 2.75) is 13.5 Å². The van der Waals surface area contributed by atoms with Gasteiger partial charge in [-0.3, -0.25) is 4.79 Å². The second-order valence-electron chi connectivity index (χ2n) is 4.46. The molecule has 0 N–H and O–H groups in total. The van der Waals surface area contributed by atoms with E-state index in [0.29, 0.717) is 6.54 Å². The summed E-state index contributed by atoms with van der Waals surface area (Å²) in [6.45, 7) is 2.46. The summed E-state index contributed by atoms with van der Waals surface area (Å²) < 4.78 is 3.32. The molecule has 2 aromatic carbocycles. The van der Waals surface area contributed by atoms with Gasteiger partial charge in [-0.05, 0) is 6.07 Å². The Bertz CT molecular complexity index is 737. The second kappa shape index (κ2) is 6.29. The van der Waals surface area contributed by atoms with Crippen LogP contribution in [-0.2, 0) is 6.54 Å². The first-order chi connectivity index (χ1) is 9.25. The molecule has 0 aliphatic carbocycles. The Balaban J connectivity index is 0.00000147. The highest BCUT2D eigenvalue weighted by molar-refractivity contribution is 7.18. The quantitative estimate of drug-likeness (QED) is 0.495. The van der Waals surface area contributed by atoms with Crippen LogP contribution in [0.5, 0.6) is 0 Å². The summed E-state index contributed by atoms with van der Waals surface area (Å²) >= 11 is 1.73. The van der Waals surface area contributed by atoms with Gasteiger partial charge in [0.1, 0.15) is 4.70 Å². The normalized spacial score (nSPS) is 10.2. The number of aromatic nitrogens is 1. The molecule has 1 aromatic heterocycles. The molecular formula is C16H14BrNOS. The fourth-order valence-corrected chi connectivity index (χ4v) is 3.23. The summed E-state index contributed by atoms with van der Waals surface area (Å²) in [5, 5.41) is 1.16. The number of carbonyl (C=O) groups is 1. The molecule has 0 radical (unpaired) electrons. The molecule has 3 aromatic rings. The van der Waals surface area contributed by atoms with Crippen molar-refractivity contribution in [1.29, 1.82) is 0 Å². The third-order valence-corrected chi connectivity index (χ3v) is 4.27. The minimum Gasteiger partial charge on any atom is -1.00 e. The van der Waals surface area contributed by atoms with E-state index in [-0.39, 0.29) is 22.8 Å². The van der Waals surface area contributed by atoms with E-state index in [1.54, 1.807) is 11.3 Å². The Labute approximate surface area is 132 Å². The van der Waals surface area contributed by atoms with Crippen LogP contribution < -0.4 is 21.5 Å². The molecule has 0 aliphatic heterocycles. The lowest BCUT2D eigenvalue weighted by Gasteiger charge is -1.98. The molecular weight excluding hydrogens is 334 g/mol. The molecule has 2 nitrogen and oxygen atoms in total. The highest BCUT2D eigenvalue weighted by atomic mass is 79.9. The lowest BCUT2D eigenvalue weighted by molar-refractivity contribution is -0.658. The minimum absolute atomic E-state index is 0. The number of carbonyl (C=O) groups excluding carboxylic acids is 1. The van der Waals surface area contributed by atoms with Gasteiger partial charge in [-0.1, -0.05) is 53.8 Å². The average Bonchev–Trinajstić information content (AvgIpc) is 2.76. The standard InChI is InChI=1S/C16H14NOS.BrH/c1-12-17(14-9-5-6-10-16(14)19-12)11-15(18)13-7-3-2-4-8-13;/h2-10H,11H2,1H3;1H/q+1;/p-1. The first kappa shape index (κ1) is 14.9. The molecule has 0 bridgehead atoms. The molecule has 102 valence electrons. The zero-order valence-electron chi connectivity index (χ0n) is 11.0. The van der Waals surface area contributed by atoms with Gasteiger partial charge >= 0.3 is 0 Å². The summed E-state index contributed by atoms with van der Waals surface area (Å²) in [4.78, 5) is 12.3. The second-order valence-corrected chi connectivity index (χ2v) is 5.70. The Morgan fingerprint density at radius 1 is 1.05 bits per heavy atom. The first-order valence-corrected chi connectivity index (χ1v) is 7.03. The molecule has 0 saturated heterocycles. The summed E-state index contributed by atoms with van der Waals surface area (Å²) in [7, 11) is 0. The van der Waals surface area contributed by atoms with Crippen molar-refractivity contribution >= 4 is 27.3 Å². The number of hydrogen-bond acceptors (Lipinski definition) is 2. The van der Waals surface area contributed by atoms with E-state index in [9.17, 15) is 4.79 Å². The number of ketones is 1. The lowest BCUT2D eigenvalue weighted by atomic mass is 10.1. The van der Waals surface area contributed by atoms with E-state index in [0.717, 1.165) is 16.1 Å². The molecule has 0 saturated carbocycles. The van der Waals surface area contributed by atoms with Gasteiger partial charge in [-0.2, -0.15) is 4.57 Å². The van der Waals surface area contributed by atoms with Gasteiger partial charge in [0.25, 0.3) is 0 Å².